The van der Waals surface area contributed by atoms with E-state index in [-0.39, 0.29) is 36.2 Å². The molecule has 0 radical (unpaired) electrons. The molecule has 0 aliphatic heterocycles. The molecule has 6 heteroatoms. The van der Waals surface area contributed by atoms with Gasteiger partial charge in [0.1, 0.15) is 0 Å². The fourth-order valence-corrected chi connectivity index (χ4v) is 0.620. The molecule has 0 aromatic carbocycles. The molecule has 0 saturated heterocycles. The predicted molar refractivity (Wildman–Crippen MR) is 26.1 cm³/mol. The van der Waals surface area contributed by atoms with Gasteiger partial charge in [-0.3, -0.25) is 4.57 Å². The average Bonchev–Trinajstić information content (AvgIpc) is 1.59. The first-order chi connectivity index (χ1) is 3.56. The smallest absolute Gasteiger partial charge is 0.756 e. The largest absolute Gasteiger partial charge is 1.00 e. The van der Waals surface area contributed by atoms with Gasteiger partial charge in [0.15, 0.2) is 0 Å². The van der Waals surface area contributed by atoms with E-state index in [1.807, 2.05) is 0 Å². The van der Waals surface area contributed by atoms with Gasteiger partial charge in [0.05, 0.1) is 6.61 Å². The van der Waals surface area contributed by atoms with Crippen LogP contribution in [0.15, 0.2) is 0 Å². The molecule has 1 N–H and O–H groups in total. The van der Waals surface area contributed by atoms with Crippen molar-refractivity contribution in [1.29, 1.82) is 0 Å². The van der Waals surface area contributed by atoms with Crippen LogP contribution in [-0.4, -0.2) is 11.5 Å². The van der Waals surface area contributed by atoms with Crippen molar-refractivity contribution in [3.8, 4) is 0 Å². The summed E-state index contributed by atoms with van der Waals surface area (Å²) < 4.78 is 13.7. The van der Waals surface area contributed by atoms with Gasteiger partial charge in [-0.25, -0.2) is 0 Å². The van der Waals surface area contributed by atoms with E-state index in [1.165, 1.54) is 0 Å². The van der Waals surface area contributed by atoms with Crippen LogP contribution in [0.1, 0.15) is 13.3 Å². The van der Waals surface area contributed by atoms with Crippen LogP contribution in [0, 0.1) is 0 Å². The van der Waals surface area contributed by atoms with E-state index in [9.17, 15) is 9.46 Å². The molecule has 0 fully saturated rings. The Labute approximate surface area is 76.1 Å². The van der Waals surface area contributed by atoms with Gasteiger partial charge in [-0.05, 0) is 6.42 Å². The maximum absolute atomic E-state index is 9.75. The normalized spacial score (nSPS) is 15.9. The van der Waals surface area contributed by atoms with Gasteiger partial charge in [-0.2, -0.15) is 0 Å². The van der Waals surface area contributed by atoms with Crippen LogP contribution >= 0.6 is 7.82 Å². The summed E-state index contributed by atoms with van der Waals surface area (Å²) in [5, 5.41) is 0. The van der Waals surface area contributed by atoms with Gasteiger partial charge in [-0.1, -0.05) is 6.92 Å². The van der Waals surface area contributed by atoms with E-state index in [2.05, 4.69) is 4.52 Å². The molecule has 0 rings (SSSR count). The van der Waals surface area contributed by atoms with Crippen molar-refractivity contribution in [3.63, 3.8) is 0 Å². The molecule has 0 bridgehead atoms. The molecule has 0 heterocycles. The quantitative estimate of drug-likeness (QED) is 0.352. The Morgan fingerprint density at radius 2 is 2.22 bits per heavy atom. The standard InChI is InChI=1S/C3H9O4P.Na/c1-2-3-7-8(4,5)6;/h2-3H2,1H3,(H2,4,5,6);/q;+1/p-1. The first-order valence-electron chi connectivity index (χ1n) is 2.24. The van der Waals surface area contributed by atoms with E-state index in [4.69, 9.17) is 4.89 Å². The monoisotopic (exact) mass is 162 g/mol. The number of phosphoric ester groups is 1. The molecule has 50 valence electrons. The maximum Gasteiger partial charge on any atom is 1.00 e. The summed E-state index contributed by atoms with van der Waals surface area (Å²) >= 11 is 0. The van der Waals surface area contributed by atoms with Gasteiger partial charge < -0.3 is 14.3 Å². The summed E-state index contributed by atoms with van der Waals surface area (Å²) in [5.41, 5.74) is 0. The third-order valence-electron chi connectivity index (χ3n) is 0.459. The molecule has 1 atom stereocenters. The fraction of sp³-hybridized carbons (Fsp3) is 1.00. The zero-order chi connectivity index (χ0) is 6.62. The van der Waals surface area contributed by atoms with Crippen molar-refractivity contribution in [2.75, 3.05) is 6.61 Å². The summed E-state index contributed by atoms with van der Waals surface area (Å²) in [7, 11) is -4.43. The molecular formula is C3H8NaO4P. The summed E-state index contributed by atoms with van der Waals surface area (Å²) in [6.07, 6.45) is 0.576. The van der Waals surface area contributed by atoms with Crippen LogP contribution in [0.4, 0.5) is 0 Å². The van der Waals surface area contributed by atoms with Crippen molar-refractivity contribution in [2.45, 2.75) is 13.3 Å². The van der Waals surface area contributed by atoms with Gasteiger partial charge in [0, 0.05) is 0 Å². The molecule has 0 amide bonds. The van der Waals surface area contributed by atoms with E-state index in [1.54, 1.807) is 6.92 Å². The minimum atomic E-state index is -4.43. The summed E-state index contributed by atoms with van der Waals surface area (Å²) in [4.78, 5) is 17.7. The Kier molecular flexibility index (Phi) is 8.31. The molecule has 0 aliphatic rings. The first kappa shape index (κ1) is 12.8. The van der Waals surface area contributed by atoms with Crippen LogP contribution in [-0.2, 0) is 9.09 Å². The van der Waals surface area contributed by atoms with Crippen molar-refractivity contribution >= 4 is 7.82 Å². The Morgan fingerprint density at radius 3 is 2.33 bits per heavy atom. The molecular weight excluding hydrogens is 154 g/mol. The van der Waals surface area contributed by atoms with Crippen LogP contribution in [0.2, 0.25) is 0 Å². The van der Waals surface area contributed by atoms with E-state index >= 15 is 0 Å². The zero-order valence-electron chi connectivity index (χ0n) is 5.53. The second-order valence-corrected chi connectivity index (χ2v) is 2.50. The Bertz CT molecular complexity index is 100.0. The Morgan fingerprint density at radius 1 is 1.78 bits per heavy atom. The first-order valence-corrected chi connectivity index (χ1v) is 3.74. The maximum atomic E-state index is 9.75. The van der Waals surface area contributed by atoms with Crippen LogP contribution in [0.3, 0.4) is 0 Å². The molecule has 1 unspecified atom stereocenters. The summed E-state index contributed by atoms with van der Waals surface area (Å²) in [5.74, 6) is 0. The van der Waals surface area contributed by atoms with Gasteiger partial charge in [0.25, 0.3) is 7.82 Å². The van der Waals surface area contributed by atoms with Crippen molar-refractivity contribution in [3.05, 3.63) is 0 Å². The molecule has 0 saturated carbocycles. The minimum absolute atomic E-state index is 0. The SMILES string of the molecule is CCCOP(=O)([O-])O.[Na+]. The van der Waals surface area contributed by atoms with E-state index in [0.717, 1.165) is 0 Å². The molecule has 0 aromatic rings. The minimum Gasteiger partial charge on any atom is -0.756 e. The third kappa shape index (κ3) is 12.3. The van der Waals surface area contributed by atoms with Gasteiger partial charge in [-0.15, -0.1) is 0 Å². The van der Waals surface area contributed by atoms with Gasteiger partial charge in [0.2, 0.25) is 0 Å². The van der Waals surface area contributed by atoms with Crippen LogP contribution in [0.5, 0.6) is 0 Å². The number of hydrogen-bond acceptors (Lipinski definition) is 3. The predicted octanol–water partition coefficient (Wildman–Crippen LogP) is -3.12. The molecule has 4 nitrogen and oxygen atoms in total. The second kappa shape index (κ2) is 5.86. The molecule has 0 spiro atoms. The molecule has 0 aliphatic carbocycles. The third-order valence-corrected chi connectivity index (χ3v) is 0.967. The van der Waals surface area contributed by atoms with E-state index < -0.39 is 7.82 Å². The summed E-state index contributed by atoms with van der Waals surface area (Å²) in [6.45, 7) is 1.80. The number of hydrogen-bond donors (Lipinski definition) is 1. The average molecular weight is 162 g/mol. The summed E-state index contributed by atoms with van der Waals surface area (Å²) in [6, 6.07) is 0. The zero-order valence-corrected chi connectivity index (χ0v) is 8.43. The van der Waals surface area contributed by atoms with Crippen molar-refractivity contribution < 1.29 is 48.4 Å². The van der Waals surface area contributed by atoms with Crippen molar-refractivity contribution in [2.24, 2.45) is 0 Å². The molecule has 9 heavy (non-hydrogen) atoms. The van der Waals surface area contributed by atoms with E-state index in [0.29, 0.717) is 6.42 Å². The fourth-order valence-electron chi connectivity index (χ4n) is 0.207. The second-order valence-electron chi connectivity index (χ2n) is 1.30. The van der Waals surface area contributed by atoms with Crippen molar-refractivity contribution in [1.82, 2.24) is 0 Å². The number of rotatable bonds is 3. The topological polar surface area (TPSA) is 69.6 Å². The van der Waals surface area contributed by atoms with Crippen LogP contribution in [0.25, 0.3) is 0 Å². The number of phosphoric acid groups is 1. The Hall–Kier alpha value is 1.11. The Balaban J connectivity index is 0. The van der Waals surface area contributed by atoms with Crippen LogP contribution < -0.4 is 34.5 Å². The van der Waals surface area contributed by atoms with Gasteiger partial charge >= 0.3 is 29.6 Å². The molecule has 0 aromatic heterocycles.